The van der Waals surface area contributed by atoms with E-state index in [2.05, 4.69) is 15.1 Å². The summed E-state index contributed by atoms with van der Waals surface area (Å²) in [5.41, 5.74) is 6.95. The summed E-state index contributed by atoms with van der Waals surface area (Å²) in [6.45, 7) is 0. The van der Waals surface area contributed by atoms with Crippen molar-refractivity contribution in [3.05, 3.63) is 36.7 Å². The van der Waals surface area contributed by atoms with E-state index < -0.39 is 0 Å². The van der Waals surface area contributed by atoms with Gasteiger partial charge < -0.3 is 10.8 Å². The second-order valence-corrected chi connectivity index (χ2v) is 3.61. The van der Waals surface area contributed by atoms with Crippen molar-refractivity contribution in [2.45, 2.75) is 0 Å². The zero-order valence-electron chi connectivity index (χ0n) is 8.78. The molecule has 0 aliphatic heterocycles. The first-order valence-electron chi connectivity index (χ1n) is 5.00. The third kappa shape index (κ3) is 1.65. The minimum atomic E-state index is 0.208. The van der Waals surface area contributed by atoms with Crippen molar-refractivity contribution in [1.82, 2.24) is 19.6 Å². The summed E-state index contributed by atoms with van der Waals surface area (Å²) in [5.74, 6) is 1.24. The summed E-state index contributed by atoms with van der Waals surface area (Å²) < 4.78 is 1.53. The normalized spacial score (nSPS) is 10.8. The molecule has 0 atom stereocenters. The summed E-state index contributed by atoms with van der Waals surface area (Å²) in [6, 6.07) is 6.66. The number of benzene rings is 1. The number of aromatic nitrogens is 4. The van der Waals surface area contributed by atoms with Crippen LogP contribution in [0.5, 0.6) is 5.75 Å². The van der Waals surface area contributed by atoms with E-state index in [1.165, 1.54) is 10.7 Å². The molecule has 0 aliphatic rings. The number of hydrogen-bond donors (Lipinski definition) is 2. The van der Waals surface area contributed by atoms with Crippen LogP contribution in [0, 0.1) is 0 Å². The molecule has 1 aromatic carbocycles. The molecule has 3 N–H and O–H groups in total. The second-order valence-electron chi connectivity index (χ2n) is 3.61. The first-order valence-corrected chi connectivity index (χ1v) is 5.00. The Bertz CT molecular complexity index is 674. The van der Waals surface area contributed by atoms with Crippen molar-refractivity contribution in [2.24, 2.45) is 0 Å². The molecular weight excluding hydrogens is 218 g/mol. The highest BCUT2D eigenvalue weighted by molar-refractivity contribution is 5.58. The van der Waals surface area contributed by atoms with E-state index in [4.69, 9.17) is 5.73 Å². The lowest BCUT2D eigenvalue weighted by Gasteiger charge is -1.94. The fourth-order valence-electron chi connectivity index (χ4n) is 1.53. The summed E-state index contributed by atoms with van der Waals surface area (Å²) in [7, 11) is 0. The molecule has 0 aliphatic carbocycles. The lowest BCUT2D eigenvalue weighted by atomic mass is 10.2. The van der Waals surface area contributed by atoms with Gasteiger partial charge >= 0.3 is 0 Å². The lowest BCUT2D eigenvalue weighted by molar-refractivity contribution is 0.475. The number of fused-ring (bicyclic) bond motifs is 1. The molecule has 2 heterocycles. The Kier molecular flexibility index (Phi) is 1.94. The number of nitrogens with zero attached hydrogens (tertiary/aromatic N) is 4. The molecule has 0 fully saturated rings. The smallest absolute Gasteiger partial charge is 0.252 e. The van der Waals surface area contributed by atoms with Crippen LogP contribution in [0.4, 0.5) is 5.69 Å². The Morgan fingerprint density at radius 3 is 2.71 bits per heavy atom. The SMILES string of the molecule is Nc1cnc2nc(-c3ccc(O)cc3)nn2c1. The first-order chi connectivity index (χ1) is 8.22. The quantitative estimate of drug-likeness (QED) is 0.649. The maximum absolute atomic E-state index is 9.20. The topological polar surface area (TPSA) is 89.3 Å². The summed E-state index contributed by atoms with van der Waals surface area (Å²) in [5, 5.41) is 13.5. The third-order valence-corrected chi connectivity index (χ3v) is 2.34. The highest BCUT2D eigenvalue weighted by Gasteiger charge is 2.07. The van der Waals surface area contributed by atoms with Crippen LogP contribution in [-0.4, -0.2) is 24.7 Å². The number of nitrogen functional groups attached to an aromatic ring is 1. The summed E-state index contributed by atoms with van der Waals surface area (Å²) in [6.07, 6.45) is 3.18. The van der Waals surface area contributed by atoms with Crippen LogP contribution >= 0.6 is 0 Å². The van der Waals surface area contributed by atoms with E-state index in [0.29, 0.717) is 17.3 Å². The average Bonchev–Trinajstić information content (AvgIpc) is 2.72. The van der Waals surface area contributed by atoms with Gasteiger partial charge in [0.15, 0.2) is 5.82 Å². The number of phenolic OH excluding ortho intramolecular Hbond substituents is 1. The maximum Gasteiger partial charge on any atom is 0.252 e. The average molecular weight is 227 g/mol. The van der Waals surface area contributed by atoms with Crippen molar-refractivity contribution >= 4 is 11.5 Å². The third-order valence-electron chi connectivity index (χ3n) is 2.34. The van der Waals surface area contributed by atoms with E-state index in [9.17, 15) is 5.11 Å². The predicted octanol–water partition coefficient (Wildman–Crippen LogP) is 1.08. The number of anilines is 1. The zero-order valence-corrected chi connectivity index (χ0v) is 8.78. The van der Waals surface area contributed by atoms with E-state index in [0.717, 1.165) is 5.56 Å². The zero-order chi connectivity index (χ0) is 11.8. The Morgan fingerprint density at radius 2 is 1.94 bits per heavy atom. The van der Waals surface area contributed by atoms with Gasteiger partial charge in [0.2, 0.25) is 0 Å². The molecule has 0 unspecified atom stereocenters. The minimum Gasteiger partial charge on any atom is -0.508 e. The van der Waals surface area contributed by atoms with Crippen LogP contribution in [0.25, 0.3) is 17.2 Å². The van der Waals surface area contributed by atoms with Gasteiger partial charge in [-0.25, -0.2) is 9.50 Å². The minimum absolute atomic E-state index is 0.208. The molecule has 0 saturated carbocycles. The van der Waals surface area contributed by atoms with E-state index in [1.54, 1.807) is 30.5 Å². The predicted molar refractivity (Wildman–Crippen MR) is 62.3 cm³/mol. The number of hydrogen-bond acceptors (Lipinski definition) is 5. The second kappa shape index (κ2) is 3.44. The molecule has 0 amide bonds. The van der Waals surface area contributed by atoms with E-state index in [1.807, 2.05) is 0 Å². The highest BCUT2D eigenvalue weighted by atomic mass is 16.3. The molecule has 0 saturated heterocycles. The number of phenols is 1. The molecule has 3 aromatic rings. The summed E-state index contributed by atoms with van der Waals surface area (Å²) >= 11 is 0. The van der Waals surface area contributed by atoms with Gasteiger partial charge in [-0.05, 0) is 24.3 Å². The number of nitrogens with two attached hydrogens (primary N) is 1. The Labute approximate surface area is 96.4 Å². The first kappa shape index (κ1) is 9.59. The fourth-order valence-corrected chi connectivity index (χ4v) is 1.53. The van der Waals surface area contributed by atoms with Crippen LogP contribution in [-0.2, 0) is 0 Å². The van der Waals surface area contributed by atoms with Crippen LogP contribution < -0.4 is 5.73 Å². The molecule has 3 rings (SSSR count). The molecule has 0 spiro atoms. The Balaban J connectivity index is 2.14. The molecule has 2 aromatic heterocycles. The van der Waals surface area contributed by atoms with Crippen molar-refractivity contribution in [1.29, 1.82) is 0 Å². The molecule has 0 radical (unpaired) electrons. The fraction of sp³-hybridized carbons (Fsp3) is 0. The van der Waals surface area contributed by atoms with Crippen LogP contribution in [0.15, 0.2) is 36.7 Å². The van der Waals surface area contributed by atoms with Crippen molar-refractivity contribution < 1.29 is 5.11 Å². The van der Waals surface area contributed by atoms with E-state index in [-0.39, 0.29) is 5.75 Å². The molecular formula is C11H9N5O. The van der Waals surface area contributed by atoms with Crippen molar-refractivity contribution in [3.63, 3.8) is 0 Å². The largest absolute Gasteiger partial charge is 0.508 e. The molecule has 84 valence electrons. The van der Waals surface area contributed by atoms with Gasteiger partial charge in [-0.3, -0.25) is 0 Å². The van der Waals surface area contributed by atoms with Gasteiger partial charge in [0.05, 0.1) is 18.1 Å². The summed E-state index contributed by atoms with van der Waals surface area (Å²) in [4.78, 5) is 8.32. The lowest BCUT2D eigenvalue weighted by Crippen LogP contribution is -1.94. The van der Waals surface area contributed by atoms with Crippen LogP contribution in [0.2, 0.25) is 0 Å². The Hall–Kier alpha value is -2.63. The number of rotatable bonds is 1. The van der Waals surface area contributed by atoms with Crippen LogP contribution in [0.3, 0.4) is 0 Å². The Morgan fingerprint density at radius 1 is 1.18 bits per heavy atom. The molecule has 6 heteroatoms. The monoisotopic (exact) mass is 227 g/mol. The van der Waals surface area contributed by atoms with Crippen molar-refractivity contribution in [3.8, 4) is 17.1 Å². The molecule has 6 nitrogen and oxygen atoms in total. The van der Waals surface area contributed by atoms with E-state index >= 15 is 0 Å². The van der Waals surface area contributed by atoms with Gasteiger partial charge in [-0.15, -0.1) is 5.10 Å². The van der Waals surface area contributed by atoms with Crippen molar-refractivity contribution in [2.75, 3.05) is 5.73 Å². The van der Waals surface area contributed by atoms with Gasteiger partial charge in [0, 0.05) is 5.56 Å². The highest BCUT2D eigenvalue weighted by Crippen LogP contribution is 2.19. The van der Waals surface area contributed by atoms with Gasteiger partial charge in [0.25, 0.3) is 5.78 Å². The standard InChI is InChI=1S/C11H9N5O/c12-8-5-13-11-14-10(15-16(11)6-8)7-1-3-9(17)4-2-7/h1-6,17H,12H2. The van der Waals surface area contributed by atoms with Gasteiger partial charge in [0.1, 0.15) is 5.75 Å². The number of aromatic hydroxyl groups is 1. The molecule has 0 bridgehead atoms. The van der Waals surface area contributed by atoms with Gasteiger partial charge in [-0.2, -0.15) is 4.98 Å². The van der Waals surface area contributed by atoms with Gasteiger partial charge in [-0.1, -0.05) is 0 Å². The van der Waals surface area contributed by atoms with Crippen LogP contribution in [0.1, 0.15) is 0 Å². The maximum atomic E-state index is 9.20. The molecule has 17 heavy (non-hydrogen) atoms.